The summed E-state index contributed by atoms with van der Waals surface area (Å²) in [4.78, 5) is 24.1. The van der Waals surface area contributed by atoms with Crippen LogP contribution < -0.4 is 15.2 Å². The number of hydrogen-bond donors (Lipinski definition) is 2. The molecule has 10 heteroatoms. The summed E-state index contributed by atoms with van der Waals surface area (Å²) in [6, 6.07) is 14.7. The van der Waals surface area contributed by atoms with Gasteiger partial charge in [-0.1, -0.05) is 30.3 Å². The smallest absolute Gasteiger partial charge is 0.425 e. The highest BCUT2D eigenvalue weighted by Gasteiger charge is 2.29. The van der Waals surface area contributed by atoms with E-state index in [-0.39, 0.29) is 6.54 Å². The lowest BCUT2D eigenvalue weighted by Crippen LogP contribution is -2.43. The van der Waals surface area contributed by atoms with Crippen molar-refractivity contribution in [2.45, 2.75) is 32.9 Å². The number of carbonyl (C=O) groups is 2. The number of para-hydroxylation sites is 1. The molecule has 2 aromatic rings. The first-order valence-electron chi connectivity index (χ1n) is 8.60. The number of nitrogens with one attached hydrogen (secondary N) is 1. The number of anilines is 1. The molecule has 0 saturated carbocycles. The molecule has 0 aliphatic heterocycles. The molecule has 0 atom stereocenters. The summed E-state index contributed by atoms with van der Waals surface area (Å²) in [6.07, 6.45) is -1.75. The van der Waals surface area contributed by atoms with Crippen LogP contribution in [0.25, 0.3) is 0 Å². The average Bonchev–Trinajstić information content (AvgIpc) is 2.59. The number of ether oxygens (including phenoxy) is 2. The van der Waals surface area contributed by atoms with Crippen LogP contribution in [0.15, 0.2) is 54.6 Å². The standard InChI is InChI=1S/C19H23N3O6S/c1-19(2,3)28-18(24)22(29(20,25)26)13-14-9-11-15(12-10-14)21-17(23)27-16-7-5-4-6-8-16/h4-12H,13H2,1-3H3,(H,21,23)(H2,20,25,26). The third kappa shape index (κ3) is 7.43. The van der Waals surface area contributed by atoms with Crippen LogP contribution in [-0.2, 0) is 21.5 Å². The Labute approximate surface area is 169 Å². The van der Waals surface area contributed by atoms with Gasteiger partial charge in [0.1, 0.15) is 11.4 Å². The van der Waals surface area contributed by atoms with E-state index in [0.717, 1.165) is 0 Å². The summed E-state index contributed by atoms with van der Waals surface area (Å²) >= 11 is 0. The Morgan fingerprint density at radius 1 is 1.03 bits per heavy atom. The Hall–Kier alpha value is -3.11. The van der Waals surface area contributed by atoms with Gasteiger partial charge in [-0.05, 0) is 50.6 Å². The molecule has 0 unspecified atom stereocenters. The second-order valence-corrected chi connectivity index (χ2v) is 8.53. The summed E-state index contributed by atoms with van der Waals surface area (Å²) in [5.74, 6) is 0.391. The summed E-state index contributed by atoms with van der Waals surface area (Å²) in [5.41, 5.74) is 0.00775. The minimum absolute atomic E-state index is 0.317. The largest absolute Gasteiger partial charge is 0.443 e. The predicted molar refractivity (Wildman–Crippen MR) is 107 cm³/mol. The van der Waals surface area contributed by atoms with Gasteiger partial charge in [0.05, 0.1) is 6.54 Å². The van der Waals surface area contributed by atoms with Crippen LogP contribution in [0.3, 0.4) is 0 Å². The zero-order chi connectivity index (χ0) is 21.7. The van der Waals surface area contributed by atoms with Gasteiger partial charge in [0.25, 0.3) is 0 Å². The molecule has 2 amide bonds. The van der Waals surface area contributed by atoms with E-state index in [2.05, 4.69) is 5.32 Å². The topological polar surface area (TPSA) is 128 Å². The molecule has 0 heterocycles. The van der Waals surface area contributed by atoms with E-state index in [0.29, 0.717) is 21.3 Å². The van der Waals surface area contributed by atoms with Gasteiger partial charge in [-0.25, -0.2) is 14.7 Å². The third-order valence-corrected chi connectivity index (χ3v) is 4.28. The number of benzene rings is 2. The van der Waals surface area contributed by atoms with Crippen LogP contribution in [-0.4, -0.2) is 30.5 Å². The Morgan fingerprint density at radius 3 is 2.14 bits per heavy atom. The van der Waals surface area contributed by atoms with Gasteiger partial charge >= 0.3 is 22.4 Å². The fourth-order valence-electron chi connectivity index (χ4n) is 2.17. The van der Waals surface area contributed by atoms with Crippen LogP contribution in [0.2, 0.25) is 0 Å². The van der Waals surface area contributed by atoms with Crippen molar-refractivity contribution in [1.29, 1.82) is 0 Å². The molecule has 0 spiro atoms. The molecular formula is C19H23N3O6S. The number of hydrogen-bond acceptors (Lipinski definition) is 6. The van der Waals surface area contributed by atoms with Gasteiger partial charge in [0.15, 0.2) is 0 Å². The molecule has 156 valence electrons. The quantitative estimate of drug-likeness (QED) is 0.763. The lowest BCUT2D eigenvalue weighted by molar-refractivity contribution is 0.0381. The first kappa shape index (κ1) is 22.2. The highest BCUT2D eigenvalue weighted by atomic mass is 32.2. The van der Waals surface area contributed by atoms with Crippen LogP contribution in [0.1, 0.15) is 26.3 Å². The van der Waals surface area contributed by atoms with Gasteiger partial charge in [-0.3, -0.25) is 5.32 Å². The molecule has 0 fully saturated rings. The van der Waals surface area contributed by atoms with Crippen molar-refractivity contribution in [2.24, 2.45) is 5.14 Å². The Balaban J connectivity index is 2.04. The fourth-order valence-corrected chi connectivity index (χ4v) is 2.74. The highest BCUT2D eigenvalue weighted by molar-refractivity contribution is 7.87. The third-order valence-electron chi connectivity index (χ3n) is 3.38. The minimum atomic E-state index is -4.33. The second-order valence-electron chi connectivity index (χ2n) is 7.06. The lowest BCUT2D eigenvalue weighted by Gasteiger charge is -2.25. The summed E-state index contributed by atoms with van der Waals surface area (Å²) in [7, 11) is -4.33. The molecule has 2 rings (SSSR count). The van der Waals surface area contributed by atoms with Crippen LogP contribution >= 0.6 is 0 Å². The van der Waals surface area contributed by atoms with E-state index in [4.69, 9.17) is 14.6 Å². The summed E-state index contributed by atoms with van der Waals surface area (Å²) in [5, 5.41) is 7.69. The van der Waals surface area contributed by atoms with Gasteiger partial charge in [-0.15, -0.1) is 0 Å². The molecule has 29 heavy (non-hydrogen) atoms. The van der Waals surface area contributed by atoms with E-state index in [9.17, 15) is 18.0 Å². The first-order chi connectivity index (χ1) is 13.4. The lowest BCUT2D eigenvalue weighted by atomic mass is 10.2. The van der Waals surface area contributed by atoms with Crippen LogP contribution in [0, 0.1) is 0 Å². The number of rotatable bonds is 5. The van der Waals surface area contributed by atoms with E-state index in [1.807, 2.05) is 0 Å². The Morgan fingerprint density at radius 2 is 1.62 bits per heavy atom. The van der Waals surface area contributed by atoms with E-state index < -0.39 is 28.0 Å². The maximum absolute atomic E-state index is 12.2. The van der Waals surface area contributed by atoms with E-state index in [1.54, 1.807) is 63.2 Å². The van der Waals surface area contributed by atoms with Crippen molar-refractivity contribution in [1.82, 2.24) is 4.31 Å². The van der Waals surface area contributed by atoms with Crippen molar-refractivity contribution in [3.8, 4) is 5.75 Å². The van der Waals surface area contributed by atoms with E-state index in [1.165, 1.54) is 12.1 Å². The molecule has 0 bridgehead atoms. The SMILES string of the molecule is CC(C)(C)OC(=O)N(Cc1ccc(NC(=O)Oc2ccccc2)cc1)S(N)(=O)=O. The number of amides is 2. The average molecular weight is 421 g/mol. The molecular weight excluding hydrogens is 398 g/mol. The Kier molecular flexibility index (Phi) is 6.83. The minimum Gasteiger partial charge on any atom is -0.443 e. The normalized spacial score (nSPS) is 11.4. The van der Waals surface area contributed by atoms with E-state index >= 15 is 0 Å². The van der Waals surface area contributed by atoms with Crippen molar-refractivity contribution >= 4 is 28.1 Å². The monoisotopic (exact) mass is 421 g/mol. The molecule has 0 saturated heterocycles. The molecule has 3 N–H and O–H groups in total. The van der Waals surface area contributed by atoms with Crippen molar-refractivity contribution in [3.05, 3.63) is 60.2 Å². The molecule has 2 aromatic carbocycles. The van der Waals surface area contributed by atoms with Gasteiger partial charge in [0.2, 0.25) is 0 Å². The maximum atomic E-state index is 12.2. The fraction of sp³-hybridized carbons (Fsp3) is 0.263. The summed E-state index contributed by atoms with van der Waals surface area (Å²) in [6.45, 7) is 4.52. The van der Waals surface area contributed by atoms with Gasteiger partial charge in [0, 0.05) is 5.69 Å². The molecule has 0 aromatic heterocycles. The highest BCUT2D eigenvalue weighted by Crippen LogP contribution is 2.17. The van der Waals surface area contributed by atoms with Crippen LogP contribution in [0.5, 0.6) is 5.75 Å². The van der Waals surface area contributed by atoms with Gasteiger partial charge < -0.3 is 9.47 Å². The molecule has 0 aliphatic carbocycles. The number of carbonyl (C=O) groups excluding carboxylic acids is 2. The Bertz CT molecular complexity index is 954. The van der Waals surface area contributed by atoms with Gasteiger partial charge in [-0.2, -0.15) is 12.7 Å². The first-order valence-corrected chi connectivity index (χ1v) is 10.1. The van der Waals surface area contributed by atoms with Crippen molar-refractivity contribution in [3.63, 3.8) is 0 Å². The number of nitrogens with two attached hydrogens (primary N) is 1. The maximum Gasteiger partial charge on any atom is 0.425 e. The molecule has 0 radical (unpaired) electrons. The van der Waals surface area contributed by atoms with Crippen molar-refractivity contribution < 1.29 is 27.5 Å². The zero-order valence-corrected chi connectivity index (χ0v) is 17.1. The summed E-state index contributed by atoms with van der Waals surface area (Å²) < 4.78 is 34.2. The zero-order valence-electron chi connectivity index (χ0n) is 16.3. The van der Waals surface area contributed by atoms with Crippen LogP contribution in [0.4, 0.5) is 15.3 Å². The molecule has 9 nitrogen and oxygen atoms in total. The number of nitrogens with zero attached hydrogens (tertiary/aromatic N) is 1. The van der Waals surface area contributed by atoms with Crippen molar-refractivity contribution in [2.75, 3.05) is 5.32 Å². The predicted octanol–water partition coefficient (Wildman–Crippen LogP) is 3.24. The second kappa shape index (κ2) is 8.93. The molecule has 0 aliphatic rings.